The molecule has 0 nitrogen and oxygen atoms in total. The smallest absolute Gasteiger partial charge is 0 e. The molecule has 4 radical (unpaired) electrons. The van der Waals surface area contributed by atoms with Crippen molar-refractivity contribution >= 4 is 8.41 Å². The molecular formula is BCuFeNiW. The van der Waals surface area contributed by atoms with E-state index in [2.05, 4.69) is 0 Å². The third-order valence-electron chi connectivity index (χ3n) is 0. The molecule has 0 amide bonds. The van der Waals surface area contributed by atoms with Gasteiger partial charge in [0.05, 0.1) is 0 Å². The van der Waals surface area contributed by atoms with E-state index < -0.39 is 0 Å². The van der Waals surface area contributed by atoms with Crippen LogP contribution < -0.4 is 0 Å². The predicted octanol–water partition coefficient (Wildman–Crippen LogP) is -0.391. The van der Waals surface area contributed by atoms with Gasteiger partial charge in [-0.1, -0.05) is 0 Å². The van der Waals surface area contributed by atoms with Gasteiger partial charge >= 0.3 is 0 Å². The van der Waals surface area contributed by atoms with Gasteiger partial charge in [-0.05, 0) is 0 Å². The van der Waals surface area contributed by atoms with E-state index in [4.69, 9.17) is 0 Å². The van der Waals surface area contributed by atoms with Crippen LogP contribution in [0.3, 0.4) is 0 Å². The third-order valence-corrected chi connectivity index (χ3v) is 0. The zero-order chi connectivity index (χ0) is 0. The van der Waals surface area contributed by atoms with Gasteiger partial charge in [-0.15, -0.1) is 0 Å². The molecule has 0 saturated heterocycles. The van der Waals surface area contributed by atoms with Crippen LogP contribution in [0, 0.1) is 0 Å². The molecule has 0 aromatic rings. The van der Waals surface area contributed by atoms with Crippen molar-refractivity contribution < 1.29 is 71.7 Å². The second-order valence-corrected chi connectivity index (χ2v) is 0. The average Bonchev–Trinajstić information content (AvgIpc) is 0. The van der Waals surface area contributed by atoms with Crippen molar-refractivity contribution in [1.29, 1.82) is 0 Å². The SMILES string of the molecule is [B].[Cu].[Fe].[Ni].[W]. The first-order valence-corrected chi connectivity index (χ1v) is 0. The Hall–Kier alpha value is 2.29. The zero-order valence-corrected chi connectivity index (χ0v) is 7.92. The summed E-state index contributed by atoms with van der Waals surface area (Å²) in [6, 6.07) is 0. The van der Waals surface area contributed by atoms with E-state index in [0.29, 0.717) is 0 Å². The van der Waals surface area contributed by atoms with Gasteiger partial charge < -0.3 is 0 Å². The van der Waals surface area contributed by atoms with Crippen LogP contribution in [0.1, 0.15) is 0 Å². The second-order valence-electron chi connectivity index (χ2n) is 0. The summed E-state index contributed by atoms with van der Waals surface area (Å²) < 4.78 is 0. The molecule has 5 heteroatoms. The first kappa shape index (κ1) is 55.1. The maximum Gasteiger partial charge on any atom is 0 e. The van der Waals surface area contributed by atoms with Crippen molar-refractivity contribution in [2.45, 2.75) is 0 Å². The molecule has 0 aliphatic carbocycles. The van der Waals surface area contributed by atoms with Gasteiger partial charge in [0.2, 0.25) is 0 Å². The summed E-state index contributed by atoms with van der Waals surface area (Å²) in [6.07, 6.45) is 0. The van der Waals surface area contributed by atoms with Crippen LogP contribution in [0.5, 0.6) is 0 Å². The Morgan fingerprint density at radius 2 is 1.00 bits per heavy atom. The van der Waals surface area contributed by atoms with Crippen LogP contribution in [0.4, 0.5) is 0 Å². The van der Waals surface area contributed by atoms with Gasteiger partial charge in [0.25, 0.3) is 0 Å². The number of hydrogen-bond donors (Lipinski definition) is 0. The minimum absolute atomic E-state index is 0. The molecule has 0 N–H and O–H groups in total. The second kappa shape index (κ2) is 33.6. The molecule has 38 valence electrons. The molecule has 0 aliphatic heterocycles. The largest absolute Gasteiger partial charge is 0 e. The first-order valence-electron chi connectivity index (χ1n) is 0. The van der Waals surface area contributed by atoms with Crippen LogP contribution in [0.15, 0.2) is 0 Å². The fourth-order valence-electron chi connectivity index (χ4n) is 0. The normalized spacial score (nSPS) is 0. The summed E-state index contributed by atoms with van der Waals surface area (Å²) in [5.41, 5.74) is 0. The van der Waals surface area contributed by atoms with E-state index in [9.17, 15) is 0 Å². The summed E-state index contributed by atoms with van der Waals surface area (Å²) in [7, 11) is 0. The molecule has 0 saturated carbocycles. The Balaban J connectivity index is 0. The van der Waals surface area contributed by atoms with Crippen LogP contribution in [-0.4, -0.2) is 8.41 Å². The summed E-state index contributed by atoms with van der Waals surface area (Å²) in [6.45, 7) is 0. The van der Waals surface area contributed by atoms with Crippen molar-refractivity contribution in [2.75, 3.05) is 0 Å². The molecule has 0 aromatic heterocycles. The van der Waals surface area contributed by atoms with Gasteiger partial charge in [0.15, 0.2) is 0 Å². The Labute approximate surface area is 79.3 Å². The van der Waals surface area contributed by atoms with E-state index in [-0.39, 0.29) is 80.1 Å². The van der Waals surface area contributed by atoms with Crippen molar-refractivity contribution in [3.05, 3.63) is 0 Å². The van der Waals surface area contributed by atoms with Gasteiger partial charge in [-0.2, -0.15) is 0 Å². The Morgan fingerprint density at radius 3 is 1.00 bits per heavy atom. The fraction of sp³-hybridized carbons (Fsp3) is 0. The van der Waals surface area contributed by atoms with Crippen LogP contribution in [0.25, 0.3) is 0 Å². The van der Waals surface area contributed by atoms with E-state index in [1.165, 1.54) is 0 Å². The zero-order valence-electron chi connectivity index (χ0n) is 1.96. The van der Waals surface area contributed by atoms with Gasteiger partial charge in [-0.3, -0.25) is 0 Å². The quantitative estimate of drug-likeness (QED) is 0.508. The molecule has 0 fully saturated rings. The molecule has 0 unspecified atom stereocenters. The van der Waals surface area contributed by atoms with Crippen LogP contribution >= 0.6 is 0 Å². The third kappa shape index (κ3) is 22.1. The summed E-state index contributed by atoms with van der Waals surface area (Å²) in [4.78, 5) is 0. The molecule has 0 heterocycles. The monoisotopic (exact) mass is 372 g/mol. The van der Waals surface area contributed by atoms with Gasteiger partial charge in [0.1, 0.15) is 0 Å². The first-order chi connectivity index (χ1) is 0. The maximum absolute atomic E-state index is 0. The maximum atomic E-state index is 0. The molecular weight excluding hydrogens is 373 g/mol. The minimum atomic E-state index is 0. The molecule has 0 rings (SSSR count). The van der Waals surface area contributed by atoms with Crippen LogP contribution in [-0.2, 0) is 71.7 Å². The van der Waals surface area contributed by atoms with E-state index in [1.807, 2.05) is 0 Å². The van der Waals surface area contributed by atoms with E-state index in [0.717, 1.165) is 0 Å². The van der Waals surface area contributed by atoms with Crippen molar-refractivity contribution in [1.82, 2.24) is 0 Å². The van der Waals surface area contributed by atoms with Gasteiger partial charge in [0, 0.05) is 80.1 Å². The molecule has 0 spiro atoms. The van der Waals surface area contributed by atoms with Gasteiger partial charge in [-0.25, -0.2) is 0 Å². The Kier molecular flexibility index (Phi) is 370. The van der Waals surface area contributed by atoms with Crippen molar-refractivity contribution in [2.24, 2.45) is 0 Å². The van der Waals surface area contributed by atoms with Crippen LogP contribution in [0.2, 0.25) is 0 Å². The summed E-state index contributed by atoms with van der Waals surface area (Å²) >= 11 is 0. The molecule has 0 aliphatic rings. The molecule has 0 aromatic carbocycles. The van der Waals surface area contributed by atoms with E-state index in [1.54, 1.807) is 0 Å². The topological polar surface area (TPSA) is 0 Å². The average molecular weight is 373 g/mol. The Bertz CT molecular complexity index is 11.6. The summed E-state index contributed by atoms with van der Waals surface area (Å²) in [5.74, 6) is 0. The van der Waals surface area contributed by atoms with Crippen molar-refractivity contribution in [3.8, 4) is 0 Å². The molecule has 0 bridgehead atoms. The predicted molar refractivity (Wildman–Crippen MR) is 5.75 cm³/mol. The number of rotatable bonds is 0. The molecule has 0 atom stereocenters. The van der Waals surface area contributed by atoms with E-state index >= 15 is 0 Å². The fourth-order valence-corrected chi connectivity index (χ4v) is 0. The number of hydrogen-bond acceptors (Lipinski definition) is 0. The summed E-state index contributed by atoms with van der Waals surface area (Å²) in [5, 5.41) is 0. The molecule has 5 heavy (non-hydrogen) atoms. The minimum Gasteiger partial charge on any atom is 0 e. The Morgan fingerprint density at radius 1 is 1.00 bits per heavy atom. The van der Waals surface area contributed by atoms with Crippen molar-refractivity contribution in [3.63, 3.8) is 0 Å². The standard InChI is InChI=1S/B.Cu.Fe.Ni.W.